The second-order valence-electron chi connectivity index (χ2n) is 6.29. The van der Waals surface area contributed by atoms with Crippen LogP contribution >= 0.6 is 11.3 Å². The average molecular weight is 330 g/mol. The van der Waals surface area contributed by atoms with Crippen LogP contribution in [0.1, 0.15) is 37.0 Å². The van der Waals surface area contributed by atoms with Gasteiger partial charge in [-0.15, -0.1) is 11.3 Å². The molecule has 0 fully saturated rings. The quantitative estimate of drug-likeness (QED) is 0.844. The van der Waals surface area contributed by atoms with Crippen molar-refractivity contribution in [2.24, 2.45) is 0 Å². The Morgan fingerprint density at radius 2 is 2.00 bits per heavy atom. The number of benzene rings is 1. The van der Waals surface area contributed by atoms with Gasteiger partial charge in [0.15, 0.2) is 0 Å². The summed E-state index contributed by atoms with van der Waals surface area (Å²) in [5.41, 5.74) is 1.66. The minimum atomic E-state index is -0.229. The van der Waals surface area contributed by atoms with E-state index in [1.807, 2.05) is 57.3 Å². The van der Waals surface area contributed by atoms with Gasteiger partial charge in [0, 0.05) is 17.0 Å². The summed E-state index contributed by atoms with van der Waals surface area (Å²) in [4.78, 5) is 16.1. The number of carbonyl (C=O) groups excluding carboxylic acids is 1. The van der Waals surface area contributed by atoms with E-state index >= 15 is 0 Å². The van der Waals surface area contributed by atoms with Crippen molar-refractivity contribution in [1.29, 1.82) is 0 Å². The highest BCUT2D eigenvalue weighted by Gasteiger charge is 2.10. The fraction of sp³-hybridized carbons (Fsp3) is 0.333. The highest BCUT2D eigenvalue weighted by molar-refractivity contribution is 7.09. The first-order chi connectivity index (χ1) is 10.8. The van der Waals surface area contributed by atoms with Crippen molar-refractivity contribution in [3.05, 3.63) is 52.0 Å². The number of nitrogens with one attached hydrogen (secondary N) is 1. The van der Waals surface area contributed by atoms with Crippen LogP contribution in [0.4, 0.5) is 0 Å². The number of nitrogens with zero attached hydrogens (tertiary/aromatic N) is 1. The Labute approximate surface area is 141 Å². The Kier molecular flexibility index (Phi) is 5.55. The van der Waals surface area contributed by atoms with Crippen molar-refractivity contribution in [2.75, 3.05) is 0 Å². The Morgan fingerprint density at radius 3 is 2.57 bits per heavy atom. The summed E-state index contributed by atoms with van der Waals surface area (Å²) < 4.78 is 5.69. The molecule has 0 unspecified atom stereocenters. The molecule has 0 aliphatic heterocycles. The average Bonchev–Trinajstić information content (AvgIpc) is 2.88. The molecule has 0 aliphatic carbocycles. The standard InChI is InChI=1S/C18H22N2O2S/c1-13-19-15(12-23-13)11-22-16-8-5-14(6-9-16)7-10-17(21)20-18(2,3)4/h5-10,12H,11H2,1-4H3,(H,20,21)/b10-7+. The van der Waals surface area contributed by atoms with E-state index in [0.29, 0.717) is 6.61 Å². The molecule has 0 atom stereocenters. The molecule has 23 heavy (non-hydrogen) atoms. The molecule has 0 spiro atoms. The molecule has 1 amide bonds. The third-order valence-corrected chi connectivity index (χ3v) is 3.68. The van der Waals surface area contributed by atoms with Gasteiger partial charge in [-0.25, -0.2) is 4.98 Å². The lowest BCUT2D eigenvalue weighted by molar-refractivity contribution is -0.117. The minimum Gasteiger partial charge on any atom is -0.487 e. The van der Waals surface area contributed by atoms with Crippen LogP contribution in [-0.4, -0.2) is 16.4 Å². The fourth-order valence-corrected chi connectivity index (χ4v) is 2.49. The molecular weight excluding hydrogens is 308 g/mol. The molecule has 2 rings (SSSR count). The van der Waals surface area contributed by atoms with Gasteiger partial charge in [-0.3, -0.25) is 4.79 Å². The van der Waals surface area contributed by atoms with E-state index < -0.39 is 0 Å². The van der Waals surface area contributed by atoms with Crippen molar-refractivity contribution in [3.63, 3.8) is 0 Å². The topological polar surface area (TPSA) is 51.2 Å². The van der Waals surface area contributed by atoms with Crippen molar-refractivity contribution >= 4 is 23.3 Å². The molecular formula is C18H22N2O2S. The molecule has 0 saturated heterocycles. The lowest BCUT2D eigenvalue weighted by atomic mass is 10.1. The third kappa shape index (κ3) is 6.24. The first-order valence-electron chi connectivity index (χ1n) is 7.46. The summed E-state index contributed by atoms with van der Waals surface area (Å²) in [5.74, 6) is 0.684. The van der Waals surface area contributed by atoms with Gasteiger partial charge in [0.1, 0.15) is 12.4 Å². The summed E-state index contributed by atoms with van der Waals surface area (Å²) in [5, 5.41) is 5.92. The van der Waals surface area contributed by atoms with Crippen LogP contribution in [0, 0.1) is 6.92 Å². The van der Waals surface area contributed by atoms with E-state index in [-0.39, 0.29) is 11.4 Å². The molecule has 0 bridgehead atoms. The molecule has 2 aromatic rings. The Hall–Kier alpha value is -2.14. The van der Waals surface area contributed by atoms with Crippen molar-refractivity contribution in [1.82, 2.24) is 10.3 Å². The molecule has 1 aromatic carbocycles. The van der Waals surface area contributed by atoms with Gasteiger partial charge in [0.05, 0.1) is 10.7 Å². The second kappa shape index (κ2) is 7.42. The number of hydrogen-bond donors (Lipinski definition) is 1. The van der Waals surface area contributed by atoms with Gasteiger partial charge in [-0.1, -0.05) is 12.1 Å². The molecule has 1 heterocycles. The third-order valence-electron chi connectivity index (χ3n) is 2.86. The molecule has 1 N–H and O–H groups in total. The van der Waals surface area contributed by atoms with Gasteiger partial charge in [-0.2, -0.15) is 0 Å². The lowest BCUT2D eigenvalue weighted by Gasteiger charge is -2.18. The zero-order chi connectivity index (χ0) is 16.9. The monoisotopic (exact) mass is 330 g/mol. The SMILES string of the molecule is Cc1nc(COc2ccc(/C=C/C(=O)NC(C)(C)C)cc2)cs1. The zero-order valence-corrected chi connectivity index (χ0v) is 14.7. The van der Waals surface area contributed by atoms with Crippen molar-refractivity contribution < 1.29 is 9.53 Å². The van der Waals surface area contributed by atoms with Gasteiger partial charge in [0.25, 0.3) is 0 Å². The first kappa shape index (κ1) is 17.2. The maximum absolute atomic E-state index is 11.7. The van der Waals surface area contributed by atoms with Crippen LogP contribution in [0.5, 0.6) is 5.75 Å². The molecule has 0 aliphatic rings. The van der Waals surface area contributed by atoms with E-state index in [1.165, 1.54) is 0 Å². The highest BCUT2D eigenvalue weighted by atomic mass is 32.1. The second-order valence-corrected chi connectivity index (χ2v) is 7.35. The van der Waals surface area contributed by atoms with Gasteiger partial charge < -0.3 is 10.1 Å². The number of carbonyl (C=O) groups is 1. The van der Waals surface area contributed by atoms with Crippen LogP contribution in [0.3, 0.4) is 0 Å². The predicted octanol–water partition coefficient (Wildman–Crippen LogP) is 3.96. The van der Waals surface area contributed by atoms with E-state index in [9.17, 15) is 4.79 Å². The zero-order valence-electron chi connectivity index (χ0n) is 13.9. The highest BCUT2D eigenvalue weighted by Crippen LogP contribution is 2.16. The number of thiazole rings is 1. The number of hydrogen-bond acceptors (Lipinski definition) is 4. The van der Waals surface area contributed by atoms with Crippen LogP contribution < -0.4 is 10.1 Å². The van der Waals surface area contributed by atoms with Gasteiger partial charge in [-0.05, 0) is 51.5 Å². The molecule has 122 valence electrons. The summed E-state index contributed by atoms with van der Waals surface area (Å²) in [6.45, 7) is 8.30. The summed E-state index contributed by atoms with van der Waals surface area (Å²) in [6.07, 6.45) is 3.33. The maximum atomic E-state index is 11.7. The van der Waals surface area contributed by atoms with Crippen molar-refractivity contribution in [2.45, 2.75) is 39.8 Å². The number of aryl methyl sites for hydroxylation is 1. The van der Waals surface area contributed by atoms with Crippen LogP contribution in [0.15, 0.2) is 35.7 Å². The number of ether oxygens (including phenoxy) is 1. The number of amides is 1. The van der Waals surface area contributed by atoms with Crippen LogP contribution in [0.2, 0.25) is 0 Å². The molecule has 4 nitrogen and oxygen atoms in total. The largest absolute Gasteiger partial charge is 0.487 e. The Bertz CT molecular complexity index is 682. The fourth-order valence-electron chi connectivity index (χ4n) is 1.89. The molecule has 1 aromatic heterocycles. The van der Waals surface area contributed by atoms with E-state index in [0.717, 1.165) is 22.0 Å². The number of aromatic nitrogens is 1. The predicted molar refractivity (Wildman–Crippen MR) is 94.6 cm³/mol. The smallest absolute Gasteiger partial charge is 0.244 e. The minimum absolute atomic E-state index is 0.100. The first-order valence-corrected chi connectivity index (χ1v) is 8.34. The van der Waals surface area contributed by atoms with E-state index in [4.69, 9.17) is 4.74 Å². The summed E-state index contributed by atoms with van der Waals surface area (Å²) in [6, 6.07) is 7.62. The Morgan fingerprint density at radius 1 is 1.30 bits per heavy atom. The maximum Gasteiger partial charge on any atom is 0.244 e. The van der Waals surface area contributed by atoms with Gasteiger partial charge in [0.2, 0.25) is 5.91 Å². The summed E-state index contributed by atoms with van der Waals surface area (Å²) >= 11 is 1.62. The van der Waals surface area contributed by atoms with Crippen molar-refractivity contribution in [3.8, 4) is 5.75 Å². The summed E-state index contributed by atoms with van der Waals surface area (Å²) in [7, 11) is 0. The van der Waals surface area contributed by atoms with Crippen LogP contribution in [0.25, 0.3) is 6.08 Å². The molecule has 0 saturated carbocycles. The van der Waals surface area contributed by atoms with Crippen LogP contribution in [-0.2, 0) is 11.4 Å². The van der Waals surface area contributed by atoms with E-state index in [1.54, 1.807) is 23.5 Å². The Balaban J connectivity index is 1.88. The van der Waals surface area contributed by atoms with Gasteiger partial charge >= 0.3 is 0 Å². The molecule has 5 heteroatoms. The lowest BCUT2D eigenvalue weighted by Crippen LogP contribution is -2.39. The van der Waals surface area contributed by atoms with E-state index in [2.05, 4.69) is 10.3 Å². The molecule has 0 radical (unpaired) electrons. The normalized spacial score (nSPS) is 11.7. The number of rotatable bonds is 5.